The third-order valence-electron chi connectivity index (χ3n) is 3.39. The molecule has 1 aromatic heterocycles. The third-order valence-corrected chi connectivity index (χ3v) is 4.34. The van der Waals surface area contributed by atoms with Crippen LogP contribution in [0.25, 0.3) is 0 Å². The summed E-state index contributed by atoms with van der Waals surface area (Å²) in [7, 11) is 0. The van der Waals surface area contributed by atoms with E-state index in [2.05, 4.69) is 23.7 Å². The molecule has 0 bridgehead atoms. The Morgan fingerprint density at radius 2 is 2.00 bits per heavy atom. The van der Waals surface area contributed by atoms with Crippen molar-refractivity contribution in [2.24, 2.45) is 5.73 Å². The van der Waals surface area contributed by atoms with Gasteiger partial charge in [-0.05, 0) is 19.2 Å². The lowest BCUT2D eigenvalue weighted by Gasteiger charge is -2.28. The Bertz CT molecular complexity index is 552. The van der Waals surface area contributed by atoms with Gasteiger partial charge in [-0.3, -0.25) is 4.90 Å². The van der Waals surface area contributed by atoms with Gasteiger partial charge in [0.1, 0.15) is 10.8 Å². The summed E-state index contributed by atoms with van der Waals surface area (Å²) in [6, 6.07) is 6.78. The van der Waals surface area contributed by atoms with E-state index < -0.39 is 0 Å². The average Bonchev–Trinajstić information content (AvgIpc) is 2.94. The lowest BCUT2D eigenvalue weighted by molar-refractivity contribution is 0.245. The van der Waals surface area contributed by atoms with Crippen LogP contribution in [0.3, 0.4) is 0 Å². The Morgan fingerprint density at radius 3 is 2.55 bits per heavy atom. The molecule has 5 heteroatoms. The largest absolute Gasteiger partial charge is 0.325 e. The molecule has 0 aliphatic carbocycles. The SMILES string of the molecule is CCN(CC)C(c1nc(CN)cs1)c1ccccc1F. The van der Waals surface area contributed by atoms with Crippen molar-refractivity contribution in [3.05, 3.63) is 51.7 Å². The second kappa shape index (κ2) is 6.92. The van der Waals surface area contributed by atoms with E-state index in [1.54, 1.807) is 17.4 Å². The Morgan fingerprint density at radius 1 is 1.30 bits per heavy atom. The maximum atomic E-state index is 14.2. The minimum Gasteiger partial charge on any atom is -0.325 e. The lowest BCUT2D eigenvalue weighted by atomic mass is 10.0. The molecule has 108 valence electrons. The summed E-state index contributed by atoms with van der Waals surface area (Å²) in [5.41, 5.74) is 7.16. The van der Waals surface area contributed by atoms with Crippen molar-refractivity contribution >= 4 is 11.3 Å². The van der Waals surface area contributed by atoms with E-state index in [9.17, 15) is 4.39 Å². The van der Waals surface area contributed by atoms with Gasteiger partial charge < -0.3 is 5.73 Å². The zero-order valence-electron chi connectivity index (χ0n) is 11.8. The van der Waals surface area contributed by atoms with Gasteiger partial charge in [0.15, 0.2) is 0 Å². The number of benzene rings is 1. The van der Waals surface area contributed by atoms with Gasteiger partial charge in [0.2, 0.25) is 0 Å². The molecule has 1 aromatic carbocycles. The molecule has 2 N–H and O–H groups in total. The molecule has 3 nitrogen and oxygen atoms in total. The zero-order valence-corrected chi connectivity index (χ0v) is 12.7. The molecule has 0 spiro atoms. The molecule has 0 saturated heterocycles. The molecule has 0 fully saturated rings. The van der Waals surface area contributed by atoms with Gasteiger partial charge in [0, 0.05) is 17.5 Å². The predicted molar refractivity (Wildman–Crippen MR) is 81.2 cm³/mol. The summed E-state index contributed by atoms with van der Waals surface area (Å²) in [4.78, 5) is 6.75. The van der Waals surface area contributed by atoms with Crippen LogP contribution in [0.1, 0.15) is 36.2 Å². The highest BCUT2D eigenvalue weighted by Crippen LogP contribution is 2.32. The fourth-order valence-corrected chi connectivity index (χ4v) is 3.29. The summed E-state index contributed by atoms with van der Waals surface area (Å²) >= 11 is 1.55. The maximum absolute atomic E-state index is 14.2. The number of rotatable bonds is 6. The van der Waals surface area contributed by atoms with Gasteiger partial charge >= 0.3 is 0 Å². The number of nitrogens with two attached hydrogens (primary N) is 1. The van der Waals surface area contributed by atoms with Crippen LogP contribution >= 0.6 is 11.3 Å². The van der Waals surface area contributed by atoms with Crippen molar-refractivity contribution in [2.75, 3.05) is 13.1 Å². The molecule has 0 aliphatic rings. The van der Waals surface area contributed by atoms with Crippen LogP contribution < -0.4 is 5.73 Å². The summed E-state index contributed by atoms with van der Waals surface area (Å²) in [5.74, 6) is -0.186. The first-order valence-corrected chi connectivity index (χ1v) is 7.72. The highest BCUT2D eigenvalue weighted by Gasteiger charge is 2.25. The van der Waals surface area contributed by atoms with Gasteiger partial charge in [-0.25, -0.2) is 9.37 Å². The van der Waals surface area contributed by atoms with Crippen molar-refractivity contribution < 1.29 is 4.39 Å². The summed E-state index contributed by atoms with van der Waals surface area (Å²) in [6.45, 7) is 6.25. The Kier molecular flexibility index (Phi) is 5.23. The highest BCUT2D eigenvalue weighted by atomic mass is 32.1. The number of halogens is 1. The first-order valence-electron chi connectivity index (χ1n) is 6.84. The molecule has 0 amide bonds. The van der Waals surface area contributed by atoms with Crippen LogP contribution in [0.5, 0.6) is 0 Å². The van der Waals surface area contributed by atoms with Gasteiger partial charge in [0.05, 0.1) is 11.7 Å². The highest BCUT2D eigenvalue weighted by molar-refractivity contribution is 7.09. The Labute approximate surface area is 123 Å². The van der Waals surface area contributed by atoms with Crippen LogP contribution in [-0.2, 0) is 6.54 Å². The van der Waals surface area contributed by atoms with Gasteiger partial charge in [-0.1, -0.05) is 32.0 Å². The predicted octanol–water partition coefficient (Wildman–Crippen LogP) is 3.17. The smallest absolute Gasteiger partial charge is 0.128 e. The molecular formula is C15H20FN3S. The van der Waals surface area contributed by atoms with Crippen molar-refractivity contribution in [1.29, 1.82) is 0 Å². The third kappa shape index (κ3) is 3.06. The quantitative estimate of drug-likeness (QED) is 0.889. The van der Waals surface area contributed by atoms with Crippen LogP contribution in [0.2, 0.25) is 0 Å². The van der Waals surface area contributed by atoms with Crippen molar-refractivity contribution in [2.45, 2.75) is 26.4 Å². The number of aromatic nitrogens is 1. The first-order chi connectivity index (χ1) is 9.71. The van der Waals surface area contributed by atoms with Crippen LogP contribution in [0.4, 0.5) is 4.39 Å². The number of hydrogen-bond acceptors (Lipinski definition) is 4. The Hall–Kier alpha value is -1.30. The minimum absolute atomic E-state index is 0.142. The summed E-state index contributed by atoms with van der Waals surface area (Å²) < 4.78 is 14.2. The molecule has 0 saturated carbocycles. The standard InChI is InChI=1S/C15H20FN3S/c1-3-19(4-2)14(12-7-5-6-8-13(12)16)15-18-11(9-17)10-20-15/h5-8,10,14H,3-4,9,17H2,1-2H3. The van der Waals surface area contributed by atoms with Crippen molar-refractivity contribution in [1.82, 2.24) is 9.88 Å². The topological polar surface area (TPSA) is 42.2 Å². The maximum Gasteiger partial charge on any atom is 0.128 e. The van der Waals surface area contributed by atoms with E-state index in [0.29, 0.717) is 12.1 Å². The van der Waals surface area contributed by atoms with Gasteiger partial charge in [-0.2, -0.15) is 0 Å². The van der Waals surface area contributed by atoms with E-state index >= 15 is 0 Å². The lowest BCUT2D eigenvalue weighted by Crippen LogP contribution is -2.30. The summed E-state index contributed by atoms with van der Waals surface area (Å²) in [6.07, 6.45) is 0. The summed E-state index contributed by atoms with van der Waals surface area (Å²) in [5, 5.41) is 2.85. The molecule has 20 heavy (non-hydrogen) atoms. The molecule has 1 unspecified atom stereocenters. The zero-order chi connectivity index (χ0) is 14.5. The van der Waals surface area contributed by atoms with Crippen LogP contribution in [0, 0.1) is 5.82 Å². The van der Waals surface area contributed by atoms with E-state index in [0.717, 1.165) is 23.8 Å². The fraction of sp³-hybridized carbons (Fsp3) is 0.400. The van der Waals surface area contributed by atoms with E-state index in [-0.39, 0.29) is 11.9 Å². The molecule has 0 aliphatic heterocycles. The van der Waals surface area contributed by atoms with E-state index in [1.807, 2.05) is 17.5 Å². The van der Waals surface area contributed by atoms with Crippen LogP contribution in [0.15, 0.2) is 29.6 Å². The van der Waals surface area contributed by atoms with E-state index in [1.165, 1.54) is 6.07 Å². The number of nitrogens with zero attached hydrogens (tertiary/aromatic N) is 2. The normalized spacial score (nSPS) is 12.8. The van der Waals surface area contributed by atoms with E-state index in [4.69, 9.17) is 5.73 Å². The molecule has 2 rings (SSSR count). The minimum atomic E-state index is -0.186. The molecular weight excluding hydrogens is 273 g/mol. The van der Waals surface area contributed by atoms with Crippen molar-refractivity contribution in [3.8, 4) is 0 Å². The number of hydrogen-bond donors (Lipinski definition) is 1. The van der Waals surface area contributed by atoms with Crippen molar-refractivity contribution in [3.63, 3.8) is 0 Å². The number of thiazole rings is 1. The molecule has 1 heterocycles. The molecule has 1 atom stereocenters. The first kappa shape index (κ1) is 15.1. The average molecular weight is 293 g/mol. The second-order valence-electron chi connectivity index (χ2n) is 4.53. The Balaban J connectivity index is 2.47. The monoisotopic (exact) mass is 293 g/mol. The van der Waals surface area contributed by atoms with Gasteiger partial charge in [-0.15, -0.1) is 11.3 Å². The van der Waals surface area contributed by atoms with Crippen LogP contribution in [-0.4, -0.2) is 23.0 Å². The fourth-order valence-electron chi connectivity index (χ4n) is 2.31. The van der Waals surface area contributed by atoms with Gasteiger partial charge in [0.25, 0.3) is 0 Å². The second-order valence-corrected chi connectivity index (χ2v) is 5.42. The molecule has 2 aromatic rings. The molecule has 0 radical (unpaired) electrons.